The smallest absolute Gasteiger partial charge is 0.255 e. The molecule has 0 atom stereocenters. The minimum absolute atomic E-state index is 0.289. The van der Waals surface area contributed by atoms with Crippen molar-refractivity contribution in [2.45, 2.75) is 13.3 Å². The van der Waals surface area contributed by atoms with Crippen LogP contribution in [0.25, 0.3) is 0 Å². The Morgan fingerprint density at radius 2 is 2.00 bits per heavy atom. The molecule has 0 unspecified atom stereocenters. The third kappa shape index (κ3) is 2.91. The van der Waals surface area contributed by atoms with Gasteiger partial charge in [0.1, 0.15) is 0 Å². The van der Waals surface area contributed by atoms with Gasteiger partial charge in [0.05, 0.1) is 0 Å². The fourth-order valence-electron chi connectivity index (χ4n) is 1.83. The van der Waals surface area contributed by atoms with Gasteiger partial charge in [-0.2, -0.15) is 0 Å². The predicted octanol–water partition coefficient (Wildman–Crippen LogP) is 3.35. The molecule has 0 aliphatic heterocycles. The predicted molar refractivity (Wildman–Crippen MR) is 71.8 cm³/mol. The third-order valence-electron chi connectivity index (χ3n) is 2.85. The van der Waals surface area contributed by atoms with E-state index in [1.807, 2.05) is 19.1 Å². The summed E-state index contributed by atoms with van der Waals surface area (Å²) in [5.74, 6) is -1.49. The van der Waals surface area contributed by atoms with Gasteiger partial charge in [0.2, 0.25) is 0 Å². The van der Waals surface area contributed by atoms with Crippen LogP contribution in [0.1, 0.15) is 22.8 Å². The second-order valence-corrected chi connectivity index (χ2v) is 4.13. The highest BCUT2D eigenvalue weighted by atomic mass is 19.1. The number of aryl methyl sites for hydroxylation is 1. The Morgan fingerprint density at radius 1 is 1.26 bits per heavy atom. The van der Waals surface area contributed by atoms with Crippen molar-refractivity contribution < 1.29 is 14.3 Å². The lowest BCUT2D eigenvalue weighted by atomic mass is 10.0. The molecule has 0 saturated carbocycles. The SMILES string of the molecule is CCc1ccccc1C(=O)Nc1ccc(O)c(F)c1. The van der Waals surface area contributed by atoms with Crippen LogP contribution < -0.4 is 5.32 Å². The number of hydrogen-bond acceptors (Lipinski definition) is 2. The Hall–Kier alpha value is -2.36. The average molecular weight is 259 g/mol. The number of rotatable bonds is 3. The van der Waals surface area contributed by atoms with E-state index in [0.717, 1.165) is 18.1 Å². The minimum Gasteiger partial charge on any atom is -0.505 e. The largest absolute Gasteiger partial charge is 0.505 e. The van der Waals surface area contributed by atoms with E-state index in [1.165, 1.54) is 12.1 Å². The molecule has 0 radical (unpaired) electrons. The molecule has 0 fully saturated rings. The number of anilines is 1. The maximum atomic E-state index is 13.2. The summed E-state index contributed by atoms with van der Waals surface area (Å²) in [5, 5.41) is 11.7. The zero-order valence-electron chi connectivity index (χ0n) is 10.5. The standard InChI is InChI=1S/C15H14FNO2/c1-2-10-5-3-4-6-12(10)15(19)17-11-7-8-14(18)13(16)9-11/h3-9,18H,2H2,1H3,(H,17,19). The molecule has 0 saturated heterocycles. The third-order valence-corrected chi connectivity index (χ3v) is 2.85. The lowest BCUT2D eigenvalue weighted by Crippen LogP contribution is -2.14. The molecule has 1 amide bonds. The van der Waals surface area contributed by atoms with Crippen LogP contribution in [-0.2, 0) is 6.42 Å². The second kappa shape index (κ2) is 5.52. The van der Waals surface area contributed by atoms with Gasteiger partial charge in [-0.05, 0) is 30.2 Å². The van der Waals surface area contributed by atoms with Crippen LogP contribution in [0, 0.1) is 5.82 Å². The molecule has 0 spiro atoms. The Bertz CT molecular complexity index is 611. The zero-order chi connectivity index (χ0) is 13.8. The summed E-state index contributed by atoms with van der Waals surface area (Å²) in [7, 11) is 0. The minimum atomic E-state index is -0.762. The summed E-state index contributed by atoms with van der Waals surface area (Å²) >= 11 is 0. The first kappa shape index (κ1) is 13.1. The van der Waals surface area contributed by atoms with E-state index in [-0.39, 0.29) is 5.91 Å². The highest BCUT2D eigenvalue weighted by molar-refractivity contribution is 6.05. The van der Waals surface area contributed by atoms with Gasteiger partial charge < -0.3 is 10.4 Å². The monoisotopic (exact) mass is 259 g/mol. The maximum Gasteiger partial charge on any atom is 0.255 e. The summed E-state index contributed by atoms with van der Waals surface area (Å²) in [6.07, 6.45) is 0.744. The molecule has 0 aromatic heterocycles. The van der Waals surface area contributed by atoms with Crippen molar-refractivity contribution in [1.29, 1.82) is 0 Å². The van der Waals surface area contributed by atoms with Crippen LogP contribution in [0.2, 0.25) is 0 Å². The maximum absolute atomic E-state index is 13.2. The first-order valence-electron chi connectivity index (χ1n) is 5.99. The normalized spacial score (nSPS) is 10.2. The number of carbonyl (C=O) groups excluding carboxylic acids is 1. The van der Waals surface area contributed by atoms with E-state index in [4.69, 9.17) is 5.11 Å². The van der Waals surface area contributed by atoms with Crippen molar-refractivity contribution in [3.05, 3.63) is 59.4 Å². The average Bonchev–Trinajstić information content (AvgIpc) is 2.43. The molecule has 4 heteroatoms. The number of halogens is 1. The van der Waals surface area contributed by atoms with Gasteiger partial charge in [0.25, 0.3) is 5.91 Å². The van der Waals surface area contributed by atoms with E-state index < -0.39 is 11.6 Å². The summed E-state index contributed by atoms with van der Waals surface area (Å²) in [6, 6.07) is 11.0. The molecule has 0 aliphatic carbocycles. The summed E-state index contributed by atoms with van der Waals surface area (Å²) < 4.78 is 13.2. The molecular weight excluding hydrogens is 245 g/mol. The molecule has 2 N–H and O–H groups in total. The summed E-state index contributed by atoms with van der Waals surface area (Å²) in [4.78, 5) is 12.1. The van der Waals surface area contributed by atoms with E-state index in [2.05, 4.69) is 5.32 Å². The quantitative estimate of drug-likeness (QED) is 0.830. The van der Waals surface area contributed by atoms with E-state index in [0.29, 0.717) is 11.3 Å². The van der Waals surface area contributed by atoms with Gasteiger partial charge in [0, 0.05) is 17.3 Å². The molecule has 2 rings (SSSR count). The topological polar surface area (TPSA) is 49.3 Å². The molecular formula is C15H14FNO2. The molecule has 2 aromatic rings. The van der Waals surface area contributed by atoms with Crippen LogP contribution in [-0.4, -0.2) is 11.0 Å². The number of carbonyl (C=O) groups is 1. The van der Waals surface area contributed by atoms with E-state index >= 15 is 0 Å². The van der Waals surface area contributed by atoms with Gasteiger partial charge in [-0.1, -0.05) is 25.1 Å². The van der Waals surface area contributed by atoms with Crippen molar-refractivity contribution in [1.82, 2.24) is 0 Å². The number of aromatic hydroxyl groups is 1. The fraction of sp³-hybridized carbons (Fsp3) is 0.133. The first-order chi connectivity index (χ1) is 9.11. The Morgan fingerprint density at radius 3 is 2.68 bits per heavy atom. The molecule has 0 heterocycles. The molecule has 0 aliphatic rings. The second-order valence-electron chi connectivity index (χ2n) is 4.13. The van der Waals surface area contributed by atoms with Crippen LogP contribution >= 0.6 is 0 Å². The van der Waals surface area contributed by atoms with Crippen molar-refractivity contribution in [3.63, 3.8) is 0 Å². The molecule has 3 nitrogen and oxygen atoms in total. The number of amides is 1. The Labute approximate surface area is 110 Å². The number of phenols is 1. The van der Waals surface area contributed by atoms with Crippen molar-refractivity contribution in [2.24, 2.45) is 0 Å². The van der Waals surface area contributed by atoms with Crippen LogP contribution in [0.4, 0.5) is 10.1 Å². The van der Waals surface area contributed by atoms with E-state index in [9.17, 15) is 9.18 Å². The van der Waals surface area contributed by atoms with Gasteiger partial charge >= 0.3 is 0 Å². The summed E-state index contributed by atoms with van der Waals surface area (Å²) in [6.45, 7) is 1.96. The Kier molecular flexibility index (Phi) is 3.80. The summed E-state index contributed by atoms with van der Waals surface area (Å²) in [5.41, 5.74) is 1.81. The zero-order valence-corrected chi connectivity index (χ0v) is 10.5. The number of hydrogen-bond donors (Lipinski definition) is 2. The number of phenolic OH excluding ortho intramolecular Hbond substituents is 1. The van der Waals surface area contributed by atoms with E-state index in [1.54, 1.807) is 12.1 Å². The molecule has 98 valence electrons. The van der Waals surface area contributed by atoms with Crippen LogP contribution in [0.15, 0.2) is 42.5 Å². The highest BCUT2D eigenvalue weighted by Gasteiger charge is 2.11. The first-order valence-corrected chi connectivity index (χ1v) is 5.99. The highest BCUT2D eigenvalue weighted by Crippen LogP contribution is 2.20. The van der Waals surface area contributed by atoms with Crippen molar-refractivity contribution in [3.8, 4) is 5.75 Å². The Balaban J connectivity index is 2.23. The van der Waals surface area contributed by atoms with Crippen LogP contribution in [0.5, 0.6) is 5.75 Å². The van der Waals surface area contributed by atoms with Gasteiger partial charge in [-0.15, -0.1) is 0 Å². The van der Waals surface area contributed by atoms with Gasteiger partial charge in [-0.3, -0.25) is 4.79 Å². The van der Waals surface area contributed by atoms with Gasteiger partial charge in [-0.25, -0.2) is 4.39 Å². The number of nitrogens with one attached hydrogen (secondary N) is 1. The van der Waals surface area contributed by atoms with Gasteiger partial charge in [0.15, 0.2) is 11.6 Å². The van der Waals surface area contributed by atoms with Crippen molar-refractivity contribution in [2.75, 3.05) is 5.32 Å². The van der Waals surface area contributed by atoms with Crippen LogP contribution in [0.3, 0.4) is 0 Å². The lowest BCUT2D eigenvalue weighted by Gasteiger charge is -2.09. The lowest BCUT2D eigenvalue weighted by molar-refractivity contribution is 0.102. The fourth-order valence-corrected chi connectivity index (χ4v) is 1.83. The number of benzene rings is 2. The molecule has 19 heavy (non-hydrogen) atoms. The van der Waals surface area contributed by atoms with Crippen molar-refractivity contribution >= 4 is 11.6 Å². The molecule has 0 bridgehead atoms. The molecule has 2 aromatic carbocycles.